The summed E-state index contributed by atoms with van der Waals surface area (Å²) in [5.41, 5.74) is 3.00. The first-order valence-corrected chi connectivity index (χ1v) is 7.00. The third kappa shape index (κ3) is 2.21. The summed E-state index contributed by atoms with van der Waals surface area (Å²) in [6, 6.07) is 4.99. The fraction of sp³-hybridized carbons (Fsp3) is 0.188. The summed E-state index contributed by atoms with van der Waals surface area (Å²) >= 11 is 5.53. The van der Waals surface area contributed by atoms with E-state index in [1.165, 1.54) is 4.57 Å². The van der Waals surface area contributed by atoms with Crippen molar-refractivity contribution in [2.45, 2.75) is 19.8 Å². The van der Waals surface area contributed by atoms with Gasteiger partial charge < -0.3 is 10.2 Å². The van der Waals surface area contributed by atoms with E-state index in [2.05, 4.69) is 0 Å². The molecule has 4 nitrogen and oxygen atoms in total. The third-order valence-corrected chi connectivity index (χ3v) is 3.87. The highest BCUT2D eigenvalue weighted by Crippen LogP contribution is 2.40. The van der Waals surface area contributed by atoms with E-state index in [0.717, 1.165) is 17.5 Å². The zero-order valence-corrected chi connectivity index (χ0v) is 12.2. The normalized spacial score (nSPS) is 13.2. The van der Waals surface area contributed by atoms with Crippen molar-refractivity contribution in [2.24, 2.45) is 0 Å². The number of benzene rings is 1. The molecule has 0 saturated heterocycles. The molecule has 0 fully saturated rings. The molecule has 3 rings (SSSR count). The van der Waals surface area contributed by atoms with Crippen LogP contribution in [-0.4, -0.2) is 20.0 Å². The fourth-order valence-corrected chi connectivity index (χ4v) is 2.82. The molecule has 1 aromatic carbocycles. The van der Waals surface area contributed by atoms with Gasteiger partial charge in [0.2, 0.25) is 11.8 Å². The summed E-state index contributed by atoms with van der Waals surface area (Å²) in [5, 5.41) is 20.2. The van der Waals surface area contributed by atoms with E-state index in [1.54, 1.807) is 24.3 Å². The predicted molar refractivity (Wildman–Crippen MR) is 81.4 cm³/mol. The molecule has 0 spiro atoms. The molecule has 0 aliphatic heterocycles. The van der Waals surface area contributed by atoms with Crippen LogP contribution in [0.3, 0.4) is 0 Å². The average Bonchev–Trinajstić information content (AvgIpc) is 2.71. The smallest absolute Gasteiger partial charge is 0.252 e. The summed E-state index contributed by atoms with van der Waals surface area (Å²) in [5.74, 6) is -0.0255. The molecular weight excluding hydrogens is 290 g/mol. The van der Waals surface area contributed by atoms with Gasteiger partial charge in [0.15, 0.2) is 0 Å². The summed E-state index contributed by atoms with van der Waals surface area (Å²) in [6.45, 7) is 1.82. The summed E-state index contributed by atoms with van der Waals surface area (Å²) in [7, 11) is 0. The number of aryl methyl sites for hydroxylation is 1. The zero-order chi connectivity index (χ0) is 15.1. The van der Waals surface area contributed by atoms with Crippen LogP contribution in [-0.2, 0) is 6.42 Å². The second-order valence-corrected chi connectivity index (χ2v) is 5.49. The summed E-state index contributed by atoms with van der Waals surface area (Å²) in [4.78, 5) is 11.4. The molecule has 1 aliphatic rings. The first-order chi connectivity index (χ1) is 9.99. The molecule has 1 aromatic heterocycles. The number of carbonyl (C=O) groups is 1. The van der Waals surface area contributed by atoms with Gasteiger partial charge in [0.1, 0.15) is 0 Å². The highest BCUT2D eigenvalue weighted by molar-refractivity contribution is 6.67. The minimum absolute atomic E-state index is 0.00502. The molecule has 1 heterocycles. The Morgan fingerprint density at radius 3 is 2.67 bits per heavy atom. The maximum Gasteiger partial charge on any atom is 0.252 e. The Bertz CT molecular complexity index is 774. The lowest BCUT2D eigenvalue weighted by Gasteiger charge is -2.09. The van der Waals surface area contributed by atoms with Crippen LogP contribution >= 0.6 is 11.6 Å². The average molecular weight is 304 g/mol. The van der Waals surface area contributed by atoms with E-state index in [-0.39, 0.29) is 11.8 Å². The number of aromatic hydroxyl groups is 2. The van der Waals surface area contributed by atoms with Crippen molar-refractivity contribution < 1.29 is 15.0 Å². The largest absolute Gasteiger partial charge is 0.494 e. The summed E-state index contributed by atoms with van der Waals surface area (Å²) < 4.78 is 1.34. The van der Waals surface area contributed by atoms with E-state index in [9.17, 15) is 15.0 Å². The molecule has 2 aromatic rings. The number of aromatic nitrogens is 1. The van der Waals surface area contributed by atoms with E-state index in [0.29, 0.717) is 23.2 Å². The second-order valence-electron chi connectivity index (χ2n) is 5.15. The van der Waals surface area contributed by atoms with Gasteiger partial charge in [-0.15, -0.1) is 0 Å². The van der Waals surface area contributed by atoms with E-state index in [4.69, 9.17) is 11.6 Å². The molecule has 5 heteroatoms. The van der Waals surface area contributed by atoms with Crippen molar-refractivity contribution in [3.8, 4) is 17.4 Å². The Morgan fingerprint density at radius 2 is 2.00 bits per heavy atom. The van der Waals surface area contributed by atoms with Crippen LogP contribution in [0.4, 0.5) is 0 Å². The molecule has 0 atom stereocenters. The lowest BCUT2D eigenvalue weighted by molar-refractivity contribution is 0.108. The molecule has 0 unspecified atom stereocenters. The van der Waals surface area contributed by atoms with E-state index >= 15 is 0 Å². The highest BCUT2D eigenvalue weighted by atomic mass is 35.5. The first kappa shape index (κ1) is 13.8. The van der Waals surface area contributed by atoms with Gasteiger partial charge in [0.25, 0.3) is 5.24 Å². The molecule has 0 saturated carbocycles. The number of carbonyl (C=O) groups excluding carboxylic acids is 1. The highest BCUT2D eigenvalue weighted by Gasteiger charge is 2.23. The second kappa shape index (κ2) is 4.97. The number of hydrogen-bond acceptors (Lipinski definition) is 3. The van der Waals surface area contributed by atoms with Crippen LogP contribution in [0.25, 0.3) is 11.8 Å². The molecule has 1 aliphatic carbocycles. The van der Waals surface area contributed by atoms with Gasteiger partial charge in [0.05, 0.1) is 5.69 Å². The van der Waals surface area contributed by atoms with Crippen LogP contribution < -0.4 is 0 Å². The van der Waals surface area contributed by atoms with Crippen LogP contribution in [0, 0.1) is 6.92 Å². The number of nitrogens with zero attached hydrogens (tertiary/aromatic N) is 1. The van der Waals surface area contributed by atoms with Crippen molar-refractivity contribution in [2.75, 3.05) is 0 Å². The number of rotatable bonds is 2. The Morgan fingerprint density at radius 1 is 1.24 bits per heavy atom. The van der Waals surface area contributed by atoms with Gasteiger partial charge in [-0.25, -0.2) is 0 Å². The molecule has 0 amide bonds. The monoisotopic (exact) mass is 303 g/mol. The van der Waals surface area contributed by atoms with Gasteiger partial charge in [-0.1, -0.05) is 12.2 Å². The van der Waals surface area contributed by atoms with Crippen LogP contribution in [0.15, 0.2) is 24.3 Å². The van der Waals surface area contributed by atoms with Crippen molar-refractivity contribution in [1.29, 1.82) is 0 Å². The number of fused-ring (bicyclic) bond motifs is 1. The van der Waals surface area contributed by atoms with Gasteiger partial charge in [-0.05, 0) is 55.1 Å². The lowest BCUT2D eigenvalue weighted by Crippen LogP contribution is -1.98. The Labute approximate surface area is 126 Å². The van der Waals surface area contributed by atoms with Crippen molar-refractivity contribution >= 4 is 22.9 Å². The van der Waals surface area contributed by atoms with E-state index < -0.39 is 5.24 Å². The van der Waals surface area contributed by atoms with Gasteiger partial charge >= 0.3 is 0 Å². The van der Waals surface area contributed by atoms with Crippen LogP contribution in [0.1, 0.15) is 33.5 Å². The first-order valence-electron chi connectivity index (χ1n) is 6.63. The Hall–Kier alpha value is -2.20. The molecule has 0 radical (unpaired) electrons. The van der Waals surface area contributed by atoms with E-state index in [1.807, 2.05) is 13.0 Å². The minimum Gasteiger partial charge on any atom is -0.494 e. The maximum atomic E-state index is 11.4. The fourth-order valence-electron chi connectivity index (χ4n) is 2.71. The minimum atomic E-state index is -0.573. The number of allylic oxidation sites excluding steroid dienone is 1. The van der Waals surface area contributed by atoms with Gasteiger partial charge in [-0.2, -0.15) is 0 Å². The van der Waals surface area contributed by atoms with Crippen molar-refractivity contribution in [3.63, 3.8) is 0 Å². The van der Waals surface area contributed by atoms with Crippen LogP contribution in [0.5, 0.6) is 11.8 Å². The summed E-state index contributed by atoms with van der Waals surface area (Å²) in [6.07, 6.45) is 5.25. The third-order valence-electron chi connectivity index (χ3n) is 3.65. The molecule has 21 heavy (non-hydrogen) atoms. The Balaban J connectivity index is 2.24. The maximum absolute atomic E-state index is 11.4. The zero-order valence-electron chi connectivity index (χ0n) is 11.4. The van der Waals surface area contributed by atoms with Gasteiger partial charge in [0, 0.05) is 16.7 Å². The standard InChI is InChI=1S/C16H14ClNO3/c1-9-6-10(14(17)19)8-11(7-9)18-15(20)12-4-2-3-5-13(12)16(18)21/h2,4,6-8,20-21H,3,5H2,1H3. The SMILES string of the molecule is Cc1cc(C(=O)Cl)cc(-n2c(O)c3c(c2O)CCC=C3)c1. The number of halogens is 1. The quantitative estimate of drug-likeness (QED) is 0.834. The van der Waals surface area contributed by atoms with Crippen molar-refractivity contribution in [3.05, 3.63) is 46.5 Å². The van der Waals surface area contributed by atoms with Crippen molar-refractivity contribution in [1.82, 2.24) is 4.57 Å². The molecule has 2 N–H and O–H groups in total. The molecule has 108 valence electrons. The predicted octanol–water partition coefficient (Wildman–Crippen LogP) is 3.54. The van der Waals surface area contributed by atoms with Gasteiger partial charge in [-0.3, -0.25) is 9.36 Å². The molecule has 0 bridgehead atoms. The lowest BCUT2D eigenvalue weighted by atomic mass is 10.0. The Kier molecular flexibility index (Phi) is 3.26. The molecular formula is C16H14ClNO3. The van der Waals surface area contributed by atoms with Crippen LogP contribution in [0.2, 0.25) is 0 Å². The topological polar surface area (TPSA) is 62.5 Å². The number of hydrogen-bond donors (Lipinski definition) is 2.